The second kappa shape index (κ2) is 11.5. The fourth-order valence-electron chi connectivity index (χ4n) is 4.13. The van der Waals surface area contributed by atoms with E-state index in [1.807, 2.05) is 30.4 Å². The number of hydrogen-bond acceptors (Lipinski definition) is 7. The van der Waals surface area contributed by atoms with Crippen molar-refractivity contribution >= 4 is 28.1 Å². The molecule has 1 unspecified atom stereocenters. The first kappa shape index (κ1) is 24.9. The van der Waals surface area contributed by atoms with Crippen LogP contribution in [0.15, 0.2) is 48.5 Å². The Hall–Kier alpha value is -3.16. The number of fused-ring (bicyclic) bond motifs is 1. The quantitative estimate of drug-likeness (QED) is 0.227. The minimum Gasteiger partial charge on any atom is -0.493 e. The number of anilines is 1. The van der Waals surface area contributed by atoms with Crippen LogP contribution in [-0.4, -0.2) is 30.7 Å². The van der Waals surface area contributed by atoms with E-state index >= 15 is 0 Å². The van der Waals surface area contributed by atoms with Crippen LogP contribution in [0.3, 0.4) is 0 Å². The molecule has 2 heterocycles. The van der Waals surface area contributed by atoms with Crippen molar-refractivity contribution in [2.45, 2.75) is 46.2 Å². The van der Waals surface area contributed by atoms with E-state index in [1.54, 1.807) is 14.2 Å². The van der Waals surface area contributed by atoms with Gasteiger partial charge in [-0.3, -0.25) is 0 Å². The van der Waals surface area contributed by atoms with Gasteiger partial charge in [0, 0.05) is 27.8 Å². The molecule has 6 nitrogen and oxygen atoms in total. The minimum atomic E-state index is 0.0780. The highest BCUT2D eigenvalue weighted by Gasteiger charge is 2.16. The number of thiophene rings is 1. The maximum absolute atomic E-state index is 5.51. The number of nitrogens with one attached hydrogen (secondary N) is 2. The Labute approximate surface area is 211 Å². The van der Waals surface area contributed by atoms with Gasteiger partial charge in [0.25, 0.3) is 0 Å². The number of rotatable bonds is 11. The first-order chi connectivity index (χ1) is 17.0. The third kappa shape index (κ3) is 5.74. The van der Waals surface area contributed by atoms with E-state index in [4.69, 9.17) is 14.5 Å². The number of ether oxygens (including phenoxy) is 2. The normalized spacial score (nSPS) is 12.0. The highest BCUT2D eigenvalue weighted by atomic mass is 32.1. The monoisotopic (exact) mass is 490 g/mol. The van der Waals surface area contributed by atoms with Crippen LogP contribution >= 0.6 is 11.3 Å². The Balaban J connectivity index is 1.58. The number of aryl methyl sites for hydroxylation is 1. The fraction of sp³-hybridized carbons (Fsp3) is 0.357. The molecule has 2 aromatic carbocycles. The lowest BCUT2D eigenvalue weighted by Gasteiger charge is -2.17. The van der Waals surface area contributed by atoms with Crippen LogP contribution in [0, 0.1) is 6.92 Å². The van der Waals surface area contributed by atoms with Crippen molar-refractivity contribution in [3.05, 3.63) is 64.8 Å². The lowest BCUT2D eigenvalue weighted by molar-refractivity contribution is 0.356. The smallest absolute Gasteiger partial charge is 0.162 e. The molecule has 0 aliphatic heterocycles. The Bertz CT molecular complexity index is 1290. The van der Waals surface area contributed by atoms with Gasteiger partial charge >= 0.3 is 0 Å². The van der Waals surface area contributed by atoms with Crippen LogP contribution in [0.25, 0.3) is 21.3 Å². The van der Waals surface area contributed by atoms with Crippen molar-refractivity contribution in [3.8, 4) is 21.9 Å². The summed E-state index contributed by atoms with van der Waals surface area (Å²) in [5.41, 5.74) is 3.44. The molecular weight excluding hydrogens is 456 g/mol. The predicted octanol–water partition coefficient (Wildman–Crippen LogP) is 6.75. The van der Waals surface area contributed by atoms with E-state index in [0.29, 0.717) is 17.3 Å². The average Bonchev–Trinajstić information content (AvgIpc) is 3.36. The second-order valence-electron chi connectivity index (χ2n) is 8.60. The number of aromatic nitrogens is 2. The topological polar surface area (TPSA) is 68.3 Å². The van der Waals surface area contributed by atoms with Crippen molar-refractivity contribution in [1.82, 2.24) is 15.3 Å². The van der Waals surface area contributed by atoms with E-state index in [1.165, 1.54) is 33.7 Å². The van der Waals surface area contributed by atoms with Gasteiger partial charge < -0.3 is 20.1 Å². The van der Waals surface area contributed by atoms with Crippen molar-refractivity contribution in [2.24, 2.45) is 0 Å². The van der Waals surface area contributed by atoms with Crippen LogP contribution in [0.1, 0.15) is 49.0 Å². The first-order valence-electron chi connectivity index (χ1n) is 12.1. The third-order valence-corrected chi connectivity index (χ3v) is 7.33. The summed E-state index contributed by atoms with van der Waals surface area (Å²) in [6, 6.07) is 17.0. The number of hydrogen-bond donors (Lipinski definition) is 2. The standard InChI is InChI=1S/C28H34N4O2S/c1-6-7-14-29-17-20-10-8-9-11-21(20)27-13-12-26(35-27)18(2)30-28-22-15-24(33-4)25(34-5)16-23(22)31-19(3)32-28/h8-13,15-16,18,29H,6-7,14,17H2,1-5H3,(H,30,31,32). The molecular formula is C28H34N4O2S. The summed E-state index contributed by atoms with van der Waals surface area (Å²) in [7, 11) is 3.27. The Kier molecular flexibility index (Phi) is 8.21. The van der Waals surface area contributed by atoms with Gasteiger partial charge in [0.15, 0.2) is 11.5 Å². The lowest BCUT2D eigenvalue weighted by Crippen LogP contribution is -2.14. The minimum absolute atomic E-state index is 0.0780. The molecule has 0 radical (unpaired) electrons. The molecule has 0 aliphatic rings. The summed E-state index contributed by atoms with van der Waals surface area (Å²) < 4.78 is 11.0. The van der Waals surface area contributed by atoms with E-state index in [9.17, 15) is 0 Å². The molecule has 0 fully saturated rings. The SMILES string of the molecule is CCCCNCc1ccccc1-c1ccc(C(C)Nc2nc(C)nc3cc(OC)c(OC)cc23)s1. The van der Waals surface area contributed by atoms with E-state index in [2.05, 4.69) is 65.9 Å². The fourth-order valence-corrected chi connectivity index (χ4v) is 5.20. The molecule has 1 atom stereocenters. The predicted molar refractivity (Wildman–Crippen MR) is 146 cm³/mol. The van der Waals surface area contributed by atoms with E-state index < -0.39 is 0 Å². The number of methoxy groups -OCH3 is 2. The van der Waals surface area contributed by atoms with Gasteiger partial charge in [-0.15, -0.1) is 11.3 Å². The number of benzene rings is 2. The van der Waals surface area contributed by atoms with Gasteiger partial charge in [-0.05, 0) is 56.1 Å². The molecule has 184 valence electrons. The highest BCUT2D eigenvalue weighted by Crippen LogP contribution is 2.37. The summed E-state index contributed by atoms with van der Waals surface area (Å²) in [5.74, 6) is 2.81. The molecule has 0 bridgehead atoms. The zero-order valence-electron chi connectivity index (χ0n) is 21.1. The molecule has 0 aliphatic carbocycles. The third-order valence-electron chi connectivity index (χ3n) is 6.03. The van der Waals surface area contributed by atoms with E-state index in [-0.39, 0.29) is 6.04 Å². The molecule has 4 rings (SSSR count). The molecule has 35 heavy (non-hydrogen) atoms. The van der Waals surface area contributed by atoms with Crippen molar-refractivity contribution in [3.63, 3.8) is 0 Å². The number of nitrogens with zero attached hydrogens (tertiary/aromatic N) is 2. The van der Waals surface area contributed by atoms with Gasteiger partial charge in [-0.1, -0.05) is 37.6 Å². The van der Waals surface area contributed by atoms with Crippen LogP contribution in [0.5, 0.6) is 11.5 Å². The van der Waals surface area contributed by atoms with Crippen LogP contribution in [0.4, 0.5) is 5.82 Å². The molecule has 7 heteroatoms. The summed E-state index contributed by atoms with van der Waals surface area (Å²) in [6.45, 7) is 8.22. The molecule has 0 amide bonds. The van der Waals surface area contributed by atoms with Crippen LogP contribution in [-0.2, 0) is 6.54 Å². The Morgan fingerprint density at radius 3 is 2.54 bits per heavy atom. The Morgan fingerprint density at radius 1 is 1.00 bits per heavy atom. The first-order valence-corrected chi connectivity index (χ1v) is 12.9. The molecule has 2 N–H and O–H groups in total. The van der Waals surface area contributed by atoms with Crippen LogP contribution < -0.4 is 20.1 Å². The largest absolute Gasteiger partial charge is 0.493 e. The maximum Gasteiger partial charge on any atom is 0.162 e. The summed E-state index contributed by atoms with van der Waals surface area (Å²) in [5, 5.41) is 8.09. The Morgan fingerprint density at radius 2 is 1.77 bits per heavy atom. The molecule has 4 aromatic rings. The van der Waals surface area contributed by atoms with Gasteiger partial charge in [-0.2, -0.15) is 0 Å². The summed E-state index contributed by atoms with van der Waals surface area (Å²) >= 11 is 1.82. The van der Waals surface area contributed by atoms with Crippen LogP contribution in [0.2, 0.25) is 0 Å². The second-order valence-corrected chi connectivity index (χ2v) is 9.71. The molecule has 0 spiro atoms. The summed E-state index contributed by atoms with van der Waals surface area (Å²) in [4.78, 5) is 11.8. The molecule has 0 saturated heterocycles. The van der Waals surface area contributed by atoms with Gasteiger partial charge in [0.1, 0.15) is 11.6 Å². The maximum atomic E-state index is 5.51. The lowest BCUT2D eigenvalue weighted by atomic mass is 10.1. The van der Waals surface area contributed by atoms with Gasteiger partial charge in [-0.25, -0.2) is 9.97 Å². The van der Waals surface area contributed by atoms with Gasteiger partial charge in [0.05, 0.1) is 25.8 Å². The number of unbranched alkanes of at least 4 members (excludes halogenated alkanes) is 1. The highest BCUT2D eigenvalue weighted by molar-refractivity contribution is 7.15. The zero-order chi connectivity index (χ0) is 24.8. The van der Waals surface area contributed by atoms with E-state index in [0.717, 1.165) is 29.8 Å². The van der Waals surface area contributed by atoms with Gasteiger partial charge in [0.2, 0.25) is 0 Å². The van der Waals surface area contributed by atoms with Crippen molar-refractivity contribution < 1.29 is 9.47 Å². The van der Waals surface area contributed by atoms with Crippen molar-refractivity contribution in [1.29, 1.82) is 0 Å². The zero-order valence-corrected chi connectivity index (χ0v) is 22.0. The average molecular weight is 491 g/mol. The summed E-state index contributed by atoms with van der Waals surface area (Å²) in [6.07, 6.45) is 2.40. The van der Waals surface area contributed by atoms with Crippen molar-refractivity contribution in [2.75, 3.05) is 26.1 Å². The molecule has 0 saturated carbocycles. The molecule has 2 aromatic heterocycles.